The van der Waals surface area contributed by atoms with Crippen LogP contribution in [-0.2, 0) is 4.79 Å². The molecule has 1 aliphatic heterocycles. The molecule has 0 saturated carbocycles. The Bertz CT molecular complexity index is 439. The number of amides is 1. The molecule has 122 valence electrons. The lowest BCUT2D eigenvalue weighted by molar-refractivity contribution is -0.138. The Morgan fingerprint density at radius 1 is 1.27 bits per heavy atom. The van der Waals surface area contributed by atoms with Crippen LogP contribution in [0.3, 0.4) is 0 Å². The quantitative estimate of drug-likeness (QED) is 0.832. The molecule has 2 heterocycles. The van der Waals surface area contributed by atoms with E-state index in [1.807, 2.05) is 23.1 Å². The van der Waals surface area contributed by atoms with E-state index < -0.39 is 0 Å². The number of aromatic nitrogens is 1. The van der Waals surface area contributed by atoms with Gasteiger partial charge < -0.3 is 10.2 Å². The van der Waals surface area contributed by atoms with Crippen LogP contribution in [0.15, 0.2) is 24.4 Å². The monoisotopic (exact) mass is 304 g/mol. The fourth-order valence-electron chi connectivity index (χ4n) is 2.99. The van der Waals surface area contributed by atoms with Gasteiger partial charge >= 0.3 is 0 Å². The number of pyridine rings is 1. The Morgan fingerprint density at radius 2 is 1.95 bits per heavy atom. The molecule has 1 unspecified atom stereocenters. The summed E-state index contributed by atoms with van der Waals surface area (Å²) in [6, 6.07) is 5.59. The van der Waals surface area contributed by atoms with Crippen molar-refractivity contribution >= 4 is 5.91 Å². The smallest absolute Gasteiger partial charge is 0.246 e. The number of piperazine rings is 1. The molecule has 1 aromatic rings. The second kappa shape index (κ2) is 8.86. The molecular formula is C17H28N4O. The molecule has 0 bridgehead atoms. The Balaban J connectivity index is 2.24. The molecule has 1 atom stereocenters. The molecule has 1 amide bonds. The van der Waals surface area contributed by atoms with Crippen molar-refractivity contribution < 1.29 is 4.79 Å². The fourth-order valence-corrected chi connectivity index (χ4v) is 2.99. The average molecular weight is 304 g/mol. The first-order chi connectivity index (χ1) is 10.8. The van der Waals surface area contributed by atoms with Gasteiger partial charge in [0, 0.05) is 45.5 Å². The van der Waals surface area contributed by atoms with Crippen molar-refractivity contribution in [3.8, 4) is 0 Å². The summed E-state index contributed by atoms with van der Waals surface area (Å²) >= 11 is 0. The number of rotatable bonds is 7. The molecule has 1 aromatic heterocycles. The van der Waals surface area contributed by atoms with Gasteiger partial charge in [-0.3, -0.25) is 14.7 Å². The maximum Gasteiger partial charge on any atom is 0.246 e. The summed E-state index contributed by atoms with van der Waals surface area (Å²) in [7, 11) is 0. The van der Waals surface area contributed by atoms with E-state index in [2.05, 4.69) is 29.0 Å². The third kappa shape index (κ3) is 4.27. The van der Waals surface area contributed by atoms with Gasteiger partial charge in [0.25, 0.3) is 0 Å². The van der Waals surface area contributed by atoms with Crippen LogP contribution in [0.5, 0.6) is 0 Å². The SMILES string of the molecule is CCCN(CCC)C(=O)C(c1ccccn1)N1CCNCC1. The van der Waals surface area contributed by atoms with Crippen LogP contribution in [0, 0.1) is 0 Å². The maximum atomic E-state index is 13.1. The van der Waals surface area contributed by atoms with Gasteiger partial charge in [-0.15, -0.1) is 0 Å². The van der Waals surface area contributed by atoms with Crippen molar-refractivity contribution in [2.45, 2.75) is 32.7 Å². The van der Waals surface area contributed by atoms with E-state index in [-0.39, 0.29) is 11.9 Å². The second-order valence-electron chi connectivity index (χ2n) is 5.77. The van der Waals surface area contributed by atoms with Gasteiger partial charge in [-0.2, -0.15) is 0 Å². The summed E-state index contributed by atoms with van der Waals surface area (Å²) in [5, 5.41) is 3.35. The molecule has 1 aliphatic rings. The molecule has 1 fully saturated rings. The zero-order chi connectivity index (χ0) is 15.8. The van der Waals surface area contributed by atoms with E-state index in [0.29, 0.717) is 0 Å². The summed E-state index contributed by atoms with van der Waals surface area (Å²) in [6.07, 6.45) is 3.76. The number of nitrogens with one attached hydrogen (secondary N) is 1. The number of hydrogen-bond donors (Lipinski definition) is 1. The van der Waals surface area contributed by atoms with Crippen molar-refractivity contribution in [2.24, 2.45) is 0 Å². The predicted molar refractivity (Wildman–Crippen MR) is 88.6 cm³/mol. The van der Waals surface area contributed by atoms with Crippen LogP contribution in [-0.4, -0.2) is 60.0 Å². The largest absolute Gasteiger partial charge is 0.341 e. The van der Waals surface area contributed by atoms with Gasteiger partial charge in [0.2, 0.25) is 5.91 Å². The third-order valence-electron chi connectivity index (χ3n) is 4.02. The molecule has 0 radical (unpaired) electrons. The predicted octanol–water partition coefficient (Wildman–Crippen LogP) is 1.68. The highest BCUT2D eigenvalue weighted by molar-refractivity contribution is 5.83. The van der Waals surface area contributed by atoms with E-state index >= 15 is 0 Å². The Labute approximate surface area is 133 Å². The zero-order valence-corrected chi connectivity index (χ0v) is 13.8. The first-order valence-electron chi connectivity index (χ1n) is 8.42. The maximum absolute atomic E-state index is 13.1. The second-order valence-corrected chi connectivity index (χ2v) is 5.77. The van der Waals surface area contributed by atoms with E-state index in [1.54, 1.807) is 6.20 Å². The lowest BCUT2D eigenvalue weighted by atomic mass is 10.1. The van der Waals surface area contributed by atoms with Crippen molar-refractivity contribution in [2.75, 3.05) is 39.3 Å². The molecule has 5 heteroatoms. The van der Waals surface area contributed by atoms with Crippen LogP contribution in [0.2, 0.25) is 0 Å². The van der Waals surface area contributed by atoms with Crippen LogP contribution >= 0.6 is 0 Å². The van der Waals surface area contributed by atoms with E-state index in [9.17, 15) is 4.79 Å². The minimum absolute atomic E-state index is 0.198. The first kappa shape index (κ1) is 16.9. The highest BCUT2D eigenvalue weighted by Gasteiger charge is 2.32. The molecule has 0 spiro atoms. The van der Waals surface area contributed by atoms with Crippen LogP contribution in [0.25, 0.3) is 0 Å². The van der Waals surface area contributed by atoms with Gasteiger partial charge in [0.1, 0.15) is 6.04 Å². The summed E-state index contributed by atoms with van der Waals surface area (Å²) < 4.78 is 0. The summed E-state index contributed by atoms with van der Waals surface area (Å²) in [4.78, 5) is 21.9. The third-order valence-corrected chi connectivity index (χ3v) is 4.02. The van der Waals surface area contributed by atoms with Crippen LogP contribution < -0.4 is 5.32 Å². The molecule has 2 rings (SSSR count). The molecule has 0 aromatic carbocycles. The van der Waals surface area contributed by atoms with Crippen molar-refractivity contribution in [3.63, 3.8) is 0 Å². The molecular weight excluding hydrogens is 276 g/mol. The summed E-state index contributed by atoms with van der Waals surface area (Å²) in [6.45, 7) is 9.52. The number of carbonyl (C=O) groups excluding carboxylic acids is 1. The standard InChI is InChI=1S/C17H28N4O/c1-3-11-21(12-4-2)17(22)16(15-7-5-6-8-19-15)20-13-9-18-10-14-20/h5-8,16,18H,3-4,9-14H2,1-2H3. The van der Waals surface area contributed by atoms with Gasteiger partial charge in [0.05, 0.1) is 5.69 Å². The fraction of sp³-hybridized carbons (Fsp3) is 0.647. The van der Waals surface area contributed by atoms with Crippen molar-refractivity contribution in [3.05, 3.63) is 30.1 Å². The molecule has 1 N–H and O–H groups in total. The number of hydrogen-bond acceptors (Lipinski definition) is 4. The van der Waals surface area contributed by atoms with Gasteiger partial charge in [-0.1, -0.05) is 19.9 Å². The van der Waals surface area contributed by atoms with E-state index in [1.165, 1.54) is 0 Å². The minimum atomic E-state index is -0.249. The Morgan fingerprint density at radius 3 is 2.50 bits per heavy atom. The normalized spacial score (nSPS) is 17.2. The van der Waals surface area contributed by atoms with Crippen LogP contribution in [0.1, 0.15) is 38.4 Å². The topological polar surface area (TPSA) is 48.5 Å². The highest BCUT2D eigenvalue weighted by atomic mass is 16.2. The average Bonchev–Trinajstić information content (AvgIpc) is 2.57. The van der Waals surface area contributed by atoms with E-state index in [4.69, 9.17) is 0 Å². The number of nitrogens with zero attached hydrogens (tertiary/aromatic N) is 3. The van der Waals surface area contributed by atoms with Crippen molar-refractivity contribution in [1.29, 1.82) is 0 Å². The number of carbonyl (C=O) groups is 1. The Kier molecular flexibility index (Phi) is 6.80. The minimum Gasteiger partial charge on any atom is -0.341 e. The summed E-state index contributed by atoms with van der Waals surface area (Å²) in [5.41, 5.74) is 0.867. The van der Waals surface area contributed by atoms with E-state index in [0.717, 1.165) is 57.8 Å². The van der Waals surface area contributed by atoms with Gasteiger partial charge in [-0.25, -0.2) is 0 Å². The summed E-state index contributed by atoms with van der Waals surface area (Å²) in [5.74, 6) is 0.198. The molecule has 0 aliphatic carbocycles. The Hall–Kier alpha value is -1.46. The lowest BCUT2D eigenvalue weighted by Gasteiger charge is -2.36. The molecule has 1 saturated heterocycles. The highest BCUT2D eigenvalue weighted by Crippen LogP contribution is 2.22. The van der Waals surface area contributed by atoms with Crippen LogP contribution in [0.4, 0.5) is 0 Å². The molecule has 5 nitrogen and oxygen atoms in total. The molecule has 22 heavy (non-hydrogen) atoms. The zero-order valence-electron chi connectivity index (χ0n) is 13.8. The van der Waals surface area contributed by atoms with Gasteiger partial charge in [-0.05, 0) is 25.0 Å². The lowest BCUT2D eigenvalue weighted by Crippen LogP contribution is -2.50. The first-order valence-corrected chi connectivity index (χ1v) is 8.42. The van der Waals surface area contributed by atoms with Gasteiger partial charge in [0.15, 0.2) is 0 Å². The van der Waals surface area contributed by atoms with Crippen molar-refractivity contribution in [1.82, 2.24) is 20.1 Å².